The van der Waals surface area contributed by atoms with E-state index >= 15 is 0 Å². The van der Waals surface area contributed by atoms with Crippen molar-refractivity contribution in [3.8, 4) is 0 Å². The second-order valence-corrected chi connectivity index (χ2v) is 7.20. The monoisotopic (exact) mass is 292 g/mol. The summed E-state index contributed by atoms with van der Waals surface area (Å²) in [5.74, 6) is 0. The zero-order chi connectivity index (χ0) is 14.9. The van der Waals surface area contributed by atoms with E-state index in [1.165, 1.54) is 0 Å². The number of rotatable bonds is 2. The fourth-order valence-corrected chi connectivity index (χ4v) is 0.408. The topological polar surface area (TPSA) is 89.5 Å². The summed E-state index contributed by atoms with van der Waals surface area (Å²) < 4.78 is 41.9. The van der Waals surface area contributed by atoms with Gasteiger partial charge in [0, 0.05) is 0 Å². The molecule has 0 rings (SSSR count). The summed E-state index contributed by atoms with van der Waals surface area (Å²) in [6.07, 6.45) is 0. The van der Waals surface area contributed by atoms with Crippen molar-refractivity contribution < 1.29 is 30.1 Å². The minimum Gasteiger partial charge on any atom is -0.749 e. The van der Waals surface area contributed by atoms with Crippen LogP contribution in [0.4, 0.5) is 0 Å². The lowest BCUT2D eigenvalue weighted by molar-refractivity contribution is -0.849. The van der Waals surface area contributed by atoms with Crippen LogP contribution in [0.25, 0.3) is 0 Å². The highest BCUT2D eigenvalue weighted by Crippen LogP contribution is 1.79. The van der Waals surface area contributed by atoms with Gasteiger partial charge < -0.3 is 18.1 Å². The third kappa shape index (κ3) is 190. The molecular weight excluding hydrogens is 268 g/mol. The van der Waals surface area contributed by atoms with Crippen molar-refractivity contribution in [1.29, 1.82) is 0 Å². The molecule has 0 unspecified atom stereocenters. The predicted octanol–water partition coefficient (Wildman–Crippen LogP) is -0.764. The van der Waals surface area contributed by atoms with Crippen LogP contribution in [0.2, 0.25) is 0 Å². The minimum absolute atomic E-state index is 1.00. The van der Waals surface area contributed by atoms with Gasteiger partial charge in [-0.25, -0.2) is 12.0 Å². The molecule has 0 saturated heterocycles. The summed E-state index contributed by atoms with van der Waals surface area (Å²) in [6, 6.07) is 0. The Morgan fingerprint density at radius 3 is 0.824 bits per heavy atom. The number of nitrogens with zero attached hydrogens (tertiary/aromatic N) is 2. The number of quaternary nitrogens is 2. The Morgan fingerprint density at radius 1 is 0.706 bits per heavy atom. The van der Waals surface area contributed by atoms with Gasteiger partial charge in [-0.3, -0.25) is 0 Å². The molecule has 0 heterocycles. The van der Waals surface area contributed by atoms with Crippen molar-refractivity contribution in [2.75, 3.05) is 56.4 Å². The Bertz CT molecular complexity index is 199. The molecule has 0 aromatic carbocycles. The van der Waals surface area contributed by atoms with E-state index in [0.29, 0.717) is 0 Å². The van der Waals surface area contributed by atoms with Gasteiger partial charge in [0.15, 0.2) is 0 Å². The van der Waals surface area contributed by atoms with E-state index < -0.39 is 22.7 Å². The van der Waals surface area contributed by atoms with Crippen molar-refractivity contribution in [1.82, 2.24) is 0 Å². The molecule has 108 valence electrons. The zero-order valence-electron chi connectivity index (χ0n) is 11.8. The largest absolute Gasteiger partial charge is 0.749 e. The lowest BCUT2D eigenvalue weighted by Crippen LogP contribution is -2.27. The highest BCUT2D eigenvalue weighted by Gasteiger charge is 1.88. The third-order valence-electron chi connectivity index (χ3n) is 0.111. The van der Waals surface area contributed by atoms with Crippen LogP contribution >= 0.6 is 0 Å². The SMILES string of the molecule is C[N+](C)(C)C.C[N+](C)(C)C.O=S([O-])OS(=O)[O-]. The van der Waals surface area contributed by atoms with Crippen LogP contribution in [0, 0.1) is 0 Å². The molecule has 0 aromatic rings. The fourth-order valence-electron chi connectivity index (χ4n) is 0.0454. The lowest BCUT2D eigenvalue weighted by Gasteiger charge is -2.14. The van der Waals surface area contributed by atoms with E-state index in [2.05, 4.69) is 60.0 Å². The average Bonchev–Trinajstić information content (AvgIpc) is 1.71. The highest BCUT2D eigenvalue weighted by molar-refractivity contribution is 7.87. The molecule has 0 N–H and O–H groups in total. The van der Waals surface area contributed by atoms with Crippen molar-refractivity contribution in [2.45, 2.75) is 0 Å². The summed E-state index contributed by atoms with van der Waals surface area (Å²) in [5, 5.41) is 0. The number of hydrogen-bond acceptors (Lipinski definition) is 5. The number of hydrogen-bond donors (Lipinski definition) is 0. The first kappa shape index (κ1) is 22.3. The maximum absolute atomic E-state index is 9.19. The van der Waals surface area contributed by atoms with Gasteiger partial charge in [0.2, 0.25) is 0 Å². The molecule has 0 aliphatic rings. The summed E-state index contributed by atoms with van der Waals surface area (Å²) in [6.45, 7) is 0. The molecule has 17 heavy (non-hydrogen) atoms. The van der Waals surface area contributed by atoms with Crippen molar-refractivity contribution >= 4 is 22.7 Å². The van der Waals surface area contributed by atoms with Gasteiger partial charge in [0.05, 0.1) is 79.1 Å². The van der Waals surface area contributed by atoms with Gasteiger partial charge in [-0.2, -0.15) is 0 Å². The van der Waals surface area contributed by atoms with Crippen molar-refractivity contribution in [2.24, 2.45) is 0 Å². The van der Waals surface area contributed by atoms with E-state index in [-0.39, 0.29) is 0 Å². The van der Waals surface area contributed by atoms with Gasteiger partial charge in [-0.15, -0.1) is 0 Å². The lowest BCUT2D eigenvalue weighted by atomic mass is 10.8. The Hall–Kier alpha value is 0.1000. The normalized spacial score (nSPS) is 14.7. The van der Waals surface area contributed by atoms with E-state index in [1.54, 1.807) is 0 Å². The minimum atomic E-state index is -2.96. The first-order chi connectivity index (χ1) is 7.13. The maximum atomic E-state index is 9.19. The molecule has 0 fully saturated rings. The molecule has 0 bridgehead atoms. The maximum Gasteiger partial charge on any atom is 0.0994 e. The molecule has 0 amide bonds. The van der Waals surface area contributed by atoms with Crippen molar-refractivity contribution in [3.63, 3.8) is 0 Å². The van der Waals surface area contributed by atoms with Gasteiger partial charge in [-0.1, -0.05) is 0 Å². The van der Waals surface area contributed by atoms with Crippen LogP contribution in [0.1, 0.15) is 0 Å². The zero-order valence-corrected chi connectivity index (χ0v) is 13.4. The van der Waals surface area contributed by atoms with Crippen LogP contribution in [0.3, 0.4) is 0 Å². The Kier molecular flexibility index (Phi) is 13.2. The van der Waals surface area contributed by atoms with E-state index in [9.17, 15) is 17.5 Å². The van der Waals surface area contributed by atoms with Crippen LogP contribution < -0.4 is 0 Å². The van der Waals surface area contributed by atoms with Gasteiger partial charge in [-0.05, 0) is 0 Å². The van der Waals surface area contributed by atoms with Crippen LogP contribution in [0.5, 0.6) is 0 Å². The first-order valence-electron chi connectivity index (χ1n) is 4.58. The summed E-state index contributed by atoms with van der Waals surface area (Å²) in [7, 11) is 17.0. The molecule has 0 spiro atoms. The average molecular weight is 292 g/mol. The summed E-state index contributed by atoms with van der Waals surface area (Å²) in [4.78, 5) is 0. The van der Waals surface area contributed by atoms with Gasteiger partial charge in [0.1, 0.15) is 0 Å². The third-order valence-corrected chi connectivity index (χ3v) is 1.00. The van der Waals surface area contributed by atoms with Crippen LogP contribution in [-0.4, -0.2) is 82.9 Å². The standard InChI is InChI=1S/2C4H12N.H2O5S2/c2*1-5(2,3)4;1-6(2)5-7(3)4/h2*1-4H3;(H,1,2)(H,3,4)/q2*+1;/p-2. The Labute approximate surface area is 110 Å². The molecule has 9 heteroatoms. The molecule has 0 aliphatic carbocycles. The molecule has 0 aromatic heterocycles. The Morgan fingerprint density at radius 2 is 0.824 bits per heavy atom. The Balaban J connectivity index is -0.000000177. The molecule has 7 nitrogen and oxygen atoms in total. The predicted molar refractivity (Wildman–Crippen MR) is 66.8 cm³/mol. The molecule has 0 atom stereocenters. The van der Waals surface area contributed by atoms with Crippen molar-refractivity contribution in [3.05, 3.63) is 0 Å². The van der Waals surface area contributed by atoms with Gasteiger partial charge >= 0.3 is 0 Å². The van der Waals surface area contributed by atoms with Gasteiger partial charge in [0.25, 0.3) is 0 Å². The summed E-state index contributed by atoms with van der Waals surface area (Å²) >= 11 is -5.92. The van der Waals surface area contributed by atoms with Crippen LogP contribution in [0.15, 0.2) is 0 Å². The van der Waals surface area contributed by atoms with Crippen LogP contribution in [-0.2, 0) is 26.4 Å². The van der Waals surface area contributed by atoms with E-state index in [0.717, 1.165) is 8.97 Å². The van der Waals surface area contributed by atoms with E-state index in [1.807, 2.05) is 0 Å². The summed E-state index contributed by atoms with van der Waals surface area (Å²) in [5.41, 5.74) is 0. The molecular formula is C8H24N2O5S2. The first-order valence-corrected chi connectivity index (χ1v) is 6.58. The smallest absolute Gasteiger partial charge is 0.0994 e. The fraction of sp³-hybridized carbons (Fsp3) is 1.00. The quantitative estimate of drug-likeness (QED) is 0.493. The second kappa shape index (κ2) is 10.1. The highest BCUT2D eigenvalue weighted by atomic mass is 32.3. The van der Waals surface area contributed by atoms with E-state index in [4.69, 9.17) is 0 Å². The molecule has 0 radical (unpaired) electrons. The molecule has 0 saturated carbocycles. The molecule has 0 aliphatic heterocycles. The second-order valence-electron chi connectivity index (χ2n) is 5.84.